The maximum atomic E-state index is 11.9. The molecule has 0 aliphatic rings. The Hall–Kier alpha value is -2.61. The van der Waals surface area contributed by atoms with Crippen molar-refractivity contribution >= 4 is 39.9 Å². The fourth-order valence-corrected chi connectivity index (χ4v) is 2.44. The van der Waals surface area contributed by atoms with Crippen molar-refractivity contribution in [2.24, 2.45) is 0 Å². The van der Waals surface area contributed by atoms with Crippen LogP contribution < -0.4 is 5.73 Å². The number of nitriles is 1. The van der Waals surface area contributed by atoms with Crippen molar-refractivity contribution in [1.82, 2.24) is 4.57 Å². The van der Waals surface area contributed by atoms with Crippen LogP contribution >= 0.6 is 22.6 Å². The van der Waals surface area contributed by atoms with Crippen LogP contribution in [0, 0.1) is 25.0 Å². The Morgan fingerprint density at radius 2 is 2.23 bits per heavy atom. The van der Waals surface area contributed by atoms with Crippen LogP contribution in [-0.4, -0.2) is 22.6 Å². The van der Waals surface area contributed by atoms with Crippen LogP contribution in [-0.2, 0) is 4.74 Å². The number of hydrogen-bond acceptors (Lipinski definition) is 6. The van der Waals surface area contributed by atoms with E-state index in [9.17, 15) is 14.9 Å². The Kier molecular flexibility index (Phi) is 4.32. The van der Waals surface area contributed by atoms with Gasteiger partial charge in [0.15, 0.2) is 5.69 Å². The maximum absolute atomic E-state index is 11.9. The number of carbonyl (C=O) groups is 1. The maximum Gasteiger partial charge on any atom is 0.357 e. The van der Waals surface area contributed by atoms with Gasteiger partial charge >= 0.3 is 5.97 Å². The van der Waals surface area contributed by atoms with Crippen LogP contribution in [0.2, 0.25) is 0 Å². The molecule has 0 atom stereocenters. The van der Waals surface area contributed by atoms with Crippen molar-refractivity contribution < 1.29 is 14.5 Å². The van der Waals surface area contributed by atoms with Gasteiger partial charge in [0, 0.05) is 12.3 Å². The smallest absolute Gasteiger partial charge is 0.357 e. The van der Waals surface area contributed by atoms with E-state index in [1.54, 1.807) is 6.07 Å². The van der Waals surface area contributed by atoms with Crippen molar-refractivity contribution in [3.63, 3.8) is 0 Å². The predicted octanol–water partition coefficient (Wildman–Crippen LogP) is 2.23. The zero-order chi connectivity index (χ0) is 16.4. The second-order valence-electron chi connectivity index (χ2n) is 4.17. The summed E-state index contributed by atoms with van der Waals surface area (Å²) in [5, 5.41) is 20.1. The number of hydrogen-bond donors (Lipinski definition) is 1. The molecule has 0 unspecified atom stereocenters. The van der Waals surface area contributed by atoms with E-state index in [0.29, 0.717) is 9.26 Å². The SMILES string of the molecule is COC(=O)c1c(N)c(C#N)cn1-c1ccc(I)c([N+](=O)[O-])c1. The first-order valence-electron chi connectivity index (χ1n) is 5.84. The molecule has 1 heterocycles. The molecule has 8 nitrogen and oxygen atoms in total. The minimum atomic E-state index is -0.736. The van der Waals surface area contributed by atoms with Gasteiger partial charge in [-0.3, -0.25) is 10.1 Å². The molecule has 1 aromatic carbocycles. The number of nitro groups is 1. The molecule has 0 aliphatic heterocycles. The number of esters is 1. The Morgan fingerprint density at radius 3 is 2.77 bits per heavy atom. The molecule has 0 fully saturated rings. The number of rotatable bonds is 3. The van der Waals surface area contributed by atoms with Gasteiger partial charge in [0.25, 0.3) is 5.69 Å². The fraction of sp³-hybridized carbons (Fsp3) is 0.0769. The lowest BCUT2D eigenvalue weighted by Gasteiger charge is -2.08. The van der Waals surface area contributed by atoms with Crippen molar-refractivity contribution in [2.75, 3.05) is 12.8 Å². The molecule has 0 spiro atoms. The summed E-state index contributed by atoms with van der Waals surface area (Å²) in [5.74, 6) is -0.736. The Balaban J connectivity index is 2.73. The molecule has 9 heteroatoms. The monoisotopic (exact) mass is 412 g/mol. The van der Waals surface area contributed by atoms with Gasteiger partial charge in [-0.2, -0.15) is 5.26 Å². The van der Waals surface area contributed by atoms with Gasteiger partial charge in [-0.1, -0.05) is 0 Å². The highest BCUT2D eigenvalue weighted by atomic mass is 127. The molecule has 0 aliphatic carbocycles. The third-order valence-electron chi connectivity index (χ3n) is 2.95. The average molecular weight is 412 g/mol. The number of halogens is 1. The first-order chi connectivity index (χ1) is 10.4. The predicted molar refractivity (Wildman–Crippen MR) is 85.6 cm³/mol. The molecule has 0 amide bonds. The van der Waals surface area contributed by atoms with Gasteiger partial charge in [-0.25, -0.2) is 4.79 Å². The molecule has 2 rings (SSSR count). The standard InChI is InChI=1S/C13H9IN4O4/c1-22-13(19)12-11(16)7(5-15)6-17(12)8-2-3-9(14)10(4-8)18(20)21/h2-4,6H,16H2,1H3. The molecule has 0 saturated heterocycles. The minimum absolute atomic E-state index is 0.0319. The second-order valence-corrected chi connectivity index (χ2v) is 5.33. The summed E-state index contributed by atoms with van der Waals surface area (Å²) >= 11 is 1.84. The van der Waals surface area contributed by atoms with Crippen molar-refractivity contribution in [3.05, 3.63) is 49.3 Å². The summed E-state index contributed by atoms with van der Waals surface area (Å²) in [6.07, 6.45) is 1.34. The first-order valence-corrected chi connectivity index (χ1v) is 6.92. The number of methoxy groups -OCH3 is 1. The molecular weight excluding hydrogens is 403 g/mol. The zero-order valence-electron chi connectivity index (χ0n) is 11.2. The van der Waals surface area contributed by atoms with Gasteiger partial charge in [0.2, 0.25) is 0 Å². The highest BCUT2D eigenvalue weighted by Crippen LogP contribution is 2.28. The quantitative estimate of drug-likeness (QED) is 0.357. The van der Waals surface area contributed by atoms with Crippen LogP contribution in [0.4, 0.5) is 11.4 Å². The van der Waals surface area contributed by atoms with E-state index in [2.05, 4.69) is 4.74 Å². The summed E-state index contributed by atoms with van der Waals surface area (Å²) < 4.78 is 6.41. The summed E-state index contributed by atoms with van der Waals surface area (Å²) in [4.78, 5) is 22.4. The van der Waals surface area contributed by atoms with Crippen LogP contribution in [0.3, 0.4) is 0 Å². The molecular formula is C13H9IN4O4. The number of ether oxygens (including phenoxy) is 1. The molecule has 2 N–H and O–H groups in total. The summed E-state index contributed by atoms with van der Waals surface area (Å²) in [5.41, 5.74) is 6.01. The van der Waals surface area contributed by atoms with E-state index < -0.39 is 10.9 Å². The van der Waals surface area contributed by atoms with E-state index >= 15 is 0 Å². The Labute approximate surface area is 138 Å². The first kappa shape index (κ1) is 15.8. The highest BCUT2D eigenvalue weighted by Gasteiger charge is 2.23. The zero-order valence-corrected chi connectivity index (χ0v) is 13.4. The number of carbonyl (C=O) groups excluding carboxylic acids is 1. The molecule has 22 heavy (non-hydrogen) atoms. The number of benzene rings is 1. The van der Waals surface area contributed by atoms with Gasteiger partial charge < -0.3 is 15.0 Å². The molecule has 112 valence electrons. The van der Waals surface area contributed by atoms with Crippen LogP contribution in [0.15, 0.2) is 24.4 Å². The van der Waals surface area contributed by atoms with Crippen molar-refractivity contribution in [3.8, 4) is 11.8 Å². The summed E-state index contributed by atoms with van der Waals surface area (Å²) in [6, 6.07) is 6.29. The van der Waals surface area contributed by atoms with E-state index in [1.807, 2.05) is 28.7 Å². The lowest BCUT2D eigenvalue weighted by Crippen LogP contribution is -2.11. The highest BCUT2D eigenvalue weighted by molar-refractivity contribution is 14.1. The number of anilines is 1. The van der Waals surface area contributed by atoms with Gasteiger partial charge in [-0.05, 0) is 34.7 Å². The number of aromatic nitrogens is 1. The van der Waals surface area contributed by atoms with Gasteiger partial charge in [-0.15, -0.1) is 0 Å². The summed E-state index contributed by atoms with van der Waals surface area (Å²) in [6.45, 7) is 0. The Bertz CT molecular complexity index is 822. The van der Waals surface area contributed by atoms with Crippen molar-refractivity contribution in [2.45, 2.75) is 0 Å². The normalized spacial score (nSPS) is 10.0. The van der Waals surface area contributed by atoms with E-state index in [4.69, 9.17) is 11.0 Å². The van der Waals surface area contributed by atoms with Crippen LogP contribution in [0.25, 0.3) is 5.69 Å². The minimum Gasteiger partial charge on any atom is -0.464 e. The molecule has 0 saturated carbocycles. The molecule has 2 aromatic rings. The van der Waals surface area contributed by atoms with Crippen molar-refractivity contribution in [1.29, 1.82) is 5.26 Å². The third kappa shape index (κ3) is 2.60. The fourth-order valence-electron chi connectivity index (χ4n) is 1.91. The molecule has 0 bridgehead atoms. The summed E-state index contributed by atoms with van der Waals surface area (Å²) in [7, 11) is 1.18. The third-order valence-corrected chi connectivity index (χ3v) is 3.86. The van der Waals surface area contributed by atoms with Gasteiger partial charge in [0.05, 0.1) is 32.5 Å². The lowest BCUT2D eigenvalue weighted by molar-refractivity contribution is -0.385. The van der Waals surface area contributed by atoms with E-state index in [1.165, 1.54) is 30.0 Å². The largest absolute Gasteiger partial charge is 0.464 e. The average Bonchev–Trinajstić information content (AvgIpc) is 2.83. The molecule has 0 radical (unpaired) electrons. The number of nitrogens with two attached hydrogens (primary N) is 1. The number of nitrogen functional groups attached to an aromatic ring is 1. The second kappa shape index (κ2) is 6.02. The van der Waals surface area contributed by atoms with Crippen LogP contribution in [0.1, 0.15) is 16.1 Å². The van der Waals surface area contributed by atoms with E-state index in [-0.39, 0.29) is 22.6 Å². The Morgan fingerprint density at radius 1 is 1.55 bits per heavy atom. The van der Waals surface area contributed by atoms with E-state index in [0.717, 1.165) is 0 Å². The molecule has 1 aromatic heterocycles. The number of nitro benzene ring substituents is 1. The van der Waals surface area contributed by atoms with Crippen LogP contribution in [0.5, 0.6) is 0 Å². The van der Waals surface area contributed by atoms with Gasteiger partial charge in [0.1, 0.15) is 6.07 Å². The topological polar surface area (TPSA) is 124 Å². The lowest BCUT2D eigenvalue weighted by atomic mass is 10.2. The number of nitrogens with zero attached hydrogens (tertiary/aromatic N) is 3.